The Morgan fingerprint density at radius 1 is 1.29 bits per heavy atom. The van der Waals surface area contributed by atoms with Gasteiger partial charge >= 0.3 is 0 Å². The summed E-state index contributed by atoms with van der Waals surface area (Å²) in [6.45, 7) is 6.25. The van der Waals surface area contributed by atoms with Crippen LogP contribution in [0.5, 0.6) is 0 Å². The summed E-state index contributed by atoms with van der Waals surface area (Å²) in [5.41, 5.74) is 7.85. The Balaban J connectivity index is 2.34. The summed E-state index contributed by atoms with van der Waals surface area (Å²) in [4.78, 5) is 9.26. The van der Waals surface area contributed by atoms with E-state index in [0.717, 1.165) is 51.5 Å². The number of nitrogens with zero attached hydrogens (tertiary/aromatic N) is 3. The van der Waals surface area contributed by atoms with Crippen LogP contribution in [0.15, 0.2) is 22.7 Å². The maximum Gasteiger partial charge on any atom is 0.152 e. The van der Waals surface area contributed by atoms with Gasteiger partial charge in [0, 0.05) is 16.3 Å². The van der Waals surface area contributed by atoms with Crippen molar-refractivity contribution in [1.29, 1.82) is 0 Å². The molecule has 0 amide bonds. The van der Waals surface area contributed by atoms with Gasteiger partial charge in [0.05, 0.1) is 23.2 Å². The van der Waals surface area contributed by atoms with E-state index in [-0.39, 0.29) is 0 Å². The topological polar surface area (TPSA) is 77.0 Å². The van der Waals surface area contributed by atoms with E-state index in [2.05, 4.69) is 32.4 Å². The number of fused-ring (bicyclic) bond motifs is 3. The van der Waals surface area contributed by atoms with Gasteiger partial charge in [0.15, 0.2) is 5.82 Å². The molecule has 2 heterocycles. The van der Waals surface area contributed by atoms with Crippen LogP contribution in [-0.2, 0) is 13.0 Å². The Morgan fingerprint density at radius 2 is 2.04 bits per heavy atom. The molecule has 0 bridgehead atoms. The van der Waals surface area contributed by atoms with Crippen molar-refractivity contribution in [3.63, 3.8) is 0 Å². The summed E-state index contributed by atoms with van der Waals surface area (Å²) in [6, 6.07) is 5.98. The molecule has 3 rings (SSSR count). The fourth-order valence-corrected chi connectivity index (χ4v) is 3.36. The highest BCUT2D eigenvalue weighted by Crippen LogP contribution is 2.31. The lowest BCUT2D eigenvalue weighted by molar-refractivity contribution is 0.0618. The number of aromatic nitrogens is 3. The molecular weight excluding hydrogens is 368 g/mol. The monoisotopic (exact) mass is 390 g/mol. The molecule has 128 valence electrons. The second-order valence-electron chi connectivity index (χ2n) is 6.89. The number of hydrogen-bond acceptors (Lipinski definition) is 4. The molecule has 5 nitrogen and oxygen atoms in total. The molecule has 0 unspecified atom stereocenters. The van der Waals surface area contributed by atoms with E-state index in [0.29, 0.717) is 12.4 Å². The number of aryl methyl sites for hydroxylation is 1. The highest BCUT2D eigenvalue weighted by atomic mass is 79.9. The molecule has 0 spiro atoms. The molecule has 6 heteroatoms. The molecular formula is C18H23BrN4O. The number of benzene rings is 1. The third-order valence-electron chi connectivity index (χ3n) is 4.04. The van der Waals surface area contributed by atoms with Crippen molar-refractivity contribution < 1.29 is 5.11 Å². The lowest BCUT2D eigenvalue weighted by Gasteiger charge is -2.20. The van der Waals surface area contributed by atoms with Crippen molar-refractivity contribution in [2.75, 3.05) is 5.73 Å². The van der Waals surface area contributed by atoms with Gasteiger partial charge in [0.25, 0.3) is 0 Å². The van der Waals surface area contributed by atoms with Gasteiger partial charge < -0.3 is 15.4 Å². The summed E-state index contributed by atoms with van der Waals surface area (Å²) < 4.78 is 3.07. The molecule has 0 aliphatic heterocycles. The smallest absolute Gasteiger partial charge is 0.152 e. The van der Waals surface area contributed by atoms with E-state index in [9.17, 15) is 5.11 Å². The first-order valence-electron chi connectivity index (χ1n) is 8.26. The van der Waals surface area contributed by atoms with Crippen molar-refractivity contribution in [3.05, 3.63) is 28.5 Å². The van der Waals surface area contributed by atoms with E-state index in [4.69, 9.17) is 10.7 Å². The minimum absolute atomic E-state index is 0.433. The van der Waals surface area contributed by atoms with Crippen LogP contribution in [0.4, 0.5) is 5.82 Å². The van der Waals surface area contributed by atoms with Gasteiger partial charge in [-0.15, -0.1) is 0 Å². The zero-order valence-electron chi connectivity index (χ0n) is 14.3. The van der Waals surface area contributed by atoms with Crippen LogP contribution in [0.25, 0.3) is 21.9 Å². The van der Waals surface area contributed by atoms with Crippen LogP contribution in [0.3, 0.4) is 0 Å². The Labute approximate surface area is 150 Å². The Kier molecular flexibility index (Phi) is 4.53. The van der Waals surface area contributed by atoms with Gasteiger partial charge in [0.2, 0.25) is 0 Å². The highest BCUT2D eigenvalue weighted by molar-refractivity contribution is 9.10. The first-order valence-corrected chi connectivity index (χ1v) is 9.05. The SMILES string of the molecule is CCCCc1nc2c(N)nc3cc(Br)ccc3c2n1CC(C)(C)O. The van der Waals surface area contributed by atoms with E-state index in [1.165, 1.54) is 0 Å². The number of nitrogens with two attached hydrogens (primary N) is 1. The maximum atomic E-state index is 10.4. The minimum Gasteiger partial charge on any atom is -0.389 e. The molecule has 0 aliphatic carbocycles. The van der Waals surface area contributed by atoms with E-state index in [1.54, 1.807) is 0 Å². The average molecular weight is 391 g/mol. The molecule has 24 heavy (non-hydrogen) atoms. The van der Waals surface area contributed by atoms with Crippen molar-refractivity contribution in [2.24, 2.45) is 0 Å². The van der Waals surface area contributed by atoms with Gasteiger partial charge in [-0.2, -0.15) is 0 Å². The Hall–Kier alpha value is -1.66. The zero-order chi connectivity index (χ0) is 17.5. The molecule has 0 saturated carbocycles. The minimum atomic E-state index is -0.839. The number of rotatable bonds is 5. The van der Waals surface area contributed by atoms with Gasteiger partial charge in [-0.1, -0.05) is 29.3 Å². The number of imidazole rings is 1. The predicted molar refractivity (Wildman–Crippen MR) is 102 cm³/mol. The molecule has 0 aliphatic rings. The van der Waals surface area contributed by atoms with Crippen molar-refractivity contribution in [2.45, 2.75) is 52.2 Å². The standard InChI is InChI=1S/C18H23BrN4O/c1-4-5-6-14-22-15-16(23(14)10-18(2,3)24)12-8-7-11(19)9-13(12)21-17(15)20/h7-9,24H,4-6,10H2,1-3H3,(H2,20,21). The average Bonchev–Trinajstić information content (AvgIpc) is 2.82. The molecule has 3 aromatic rings. The largest absolute Gasteiger partial charge is 0.389 e. The molecule has 0 radical (unpaired) electrons. The van der Waals surface area contributed by atoms with Crippen molar-refractivity contribution >= 4 is 43.7 Å². The lowest BCUT2D eigenvalue weighted by atomic mass is 10.1. The number of aliphatic hydroxyl groups is 1. The summed E-state index contributed by atoms with van der Waals surface area (Å²) in [5, 5.41) is 11.4. The van der Waals surface area contributed by atoms with Crippen molar-refractivity contribution in [1.82, 2.24) is 14.5 Å². The molecule has 0 saturated heterocycles. The summed E-state index contributed by atoms with van der Waals surface area (Å²) in [5.74, 6) is 1.39. The van der Waals surface area contributed by atoms with Gasteiger partial charge in [-0.3, -0.25) is 0 Å². The number of hydrogen-bond donors (Lipinski definition) is 2. The Bertz CT molecular complexity index is 896. The second kappa shape index (κ2) is 6.33. The summed E-state index contributed by atoms with van der Waals surface area (Å²) in [7, 11) is 0. The molecule has 2 aromatic heterocycles. The third-order valence-corrected chi connectivity index (χ3v) is 4.54. The van der Waals surface area contributed by atoms with Crippen LogP contribution in [0.1, 0.15) is 39.4 Å². The van der Waals surface area contributed by atoms with Crippen molar-refractivity contribution in [3.8, 4) is 0 Å². The molecule has 3 N–H and O–H groups in total. The third kappa shape index (κ3) is 3.26. The zero-order valence-corrected chi connectivity index (χ0v) is 15.9. The number of halogens is 1. The maximum absolute atomic E-state index is 10.4. The summed E-state index contributed by atoms with van der Waals surface area (Å²) >= 11 is 3.48. The van der Waals surface area contributed by atoms with E-state index in [1.807, 2.05) is 32.0 Å². The molecule has 0 fully saturated rings. The first kappa shape index (κ1) is 17.2. The first-order chi connectivity index (χ1) is 11.3. The van der Waals surface area contributed by atoms with Crippen LogP contribution >= 0.6 is 15.9 Å². The van der Waals surface area contributed by atoms with E-state index >= 15 is 0 Å². The summed E-state index contributed by atoms with van der Waals surface area (Å²) in [6.07, 6.45) is 3.00. The van der Waals surface area contributed by atoms with Crippen LogP contribution < -0.4 is 5.73 Å². The highest BCUT2D eigenvalue weighted by Gasteiger charge is 2.22. The van der Waals surface area contributed by atoms with E-state index < -0.39 is 5.60 Å². The predicted octanol–water partition coefficient (Wildman–Crippen LogP) is 4.04. The lowest BCUT2D eigenvalue weighted by Crippen LogP contribution is -2.27. The normalized spacial score (nSPS) is 12.4. The van der Waals surface area contributed by atoms with Gasteiger partial charge in [-0.05, 0) is 38.5 Å². The fourth-order valence-electron chi connectivity index (χ4n) is 3.01. The number of anilines is 1. The number of nitrogen functional groups attached to an aromatic ring is 1. The van der Waals surface area contributed by atoms with Gasteiger partial charge in [0.1, 0.15) is 11.3 Å². The quantitative estimate of drug-likeness (QED) is 0.688. The fraction of sp³-hybridized carbons (Fsp3) is 0.444. The van der Waals surface area contributed by atoms with Crippen LogP contribution in [-0.4, -0.2) is 25.2 Å². The van der Waals surface area contributed by atoms with Gasteiger partial charge in [-0.25, -0.2) is 9.97 Å². The number of unbranched alkanes of at least 4 members (excludes halogenated alkanes) is 1. The molecule has 0 atom stereocenters. The molecule has 1 aromatic carbocycles. The number of pyridine rings is 1. The van der Waals surface area contributed by atoms with Crippen LogP contribution in [0.2, 0.25) is 0 Å². The Morgan fingerprint density at radius 3 is 2.71 bits per heavy atom. The van der Waals surface area contributed by atoms with Crippen LogP contribution in [0, 0.1) is 0 Å². The second-order valence-corrected chi connectivity index (χ2v) is 7.80.